The molecule has 0 atom stereocenters. The third-order valence-electron chi connectivity index (χ3n) is 2.47. The monoisotopic (exact) mass is 265 g/mol. The van der Waals surface area contributed by atoms with Crippen LogP contribution in [0.4, 0.5) is 0 Å². The lowest BCUT2D eigenvalue weighted by Gasteiger charge is -2.13. The van der Waals surface area contributed by atoms with E-state index >= 15 is 0 Å². The average Bonchev–Trinajstić information content (AvgIpc) is 2.42. The van der Waals surface area contributed by atoms with Crippen LogP contribution in [0.25, 0.3) is 6.08 Å². The Kier molecular flexibility index (Phi) is 6.43. The summed E-state index contributed by atoms with van der Waals surface area (Å²) in [6, 6.07) is 0. The van der Waals surface area contributed by atoms with Crippen molar-refractivity contribution < 1.29 is 4.79 Å². The molecule has 0 aliphatic rings. The van der Waals surface area contributed by atoms with E-state index in [0.29, 0.717) is 0 Å². The highest BCUT2D eigenvalue weighted by Crippen LogP contribution is 2.08. The SMILES string of the molecule is CCCCN(C)C(=O)/C=C/c1cnc(SC)nc1. The van der Waals surface area contributed by atoms with E-state index < -0.39 is 0 Å². The minimum Gasteiger partial charge on any atom is -0.342 e. The molecule has 1 aromatic rings. The number of aromatic nitrogens is 2. The van der Waals surface area contributed by atoms with Crippen LogP contribution in [0.2, 0.25) is 0 Å². The van der Waals surface area contributed by atoms with Gasteiger partial charge in [0, 0.05) is 37.6 Å². The summed E-state index contributed by atoms with van der Waals surface area (Å²) in [5.41, 5.74) is 0.838. The van der Waals surface area contributed by atoms with Crippen molar-refractivity contribution in [3.05, 3.63) is 24.0 Å². The molecule has 1 aromatic heterocycles. The molecule has 0 bridgehead atoms. The van der Waals surface area contributed by atoms with Gasteiger partial charge in [-0.1, -0.05) is 25.1 Å². The molecule has 1 heterocycles. The van der Waals surface area contributed by atoms with Gasteiger partial charge in [-0.05, 0) is 18.8 Å². The van der Waals surface area contributed by atoms with Gasteiger partial charge in [0.2, 0.25) is 5.91 Å². The van der Waals surface area contributed by atoms with Gasteiger partial charge >= 0.3 is 0 Å². The molecule has 18 heavy (non-hydrogen) atoms. The lowest BCUT2D eigenvalue weighted by Crippen LogP contribution is -2.25. The quantitative estimate of drug-likeness (QED) is 0.450. The first-order valence-corrected chi connectivity index (χ1v) is 7.19. The number of amides is 1. The normalized spacial score (nSPS) is 10.8. The second-order valence-electron chi connectivity index (χ2n) is 3.95. The van der Waals surface area contributed by atoms with Gasteiger partial charge in [0.25, 0.3) is 0 Å². The topological polar surface area (TPSA) is 46.1 Å². The zero-order valence-corrected chi connectivity index (χ0v) is 11.9. The number of carbonyl (C=O) groups is 1. The molecule has 1 rings (SSSR count). The summed E-state index contributed by atoms with van der Waals surface area (Å²) in [7, 11) is 1.82. The van der Waals surface area contributed by atoms with Crippen LogP contribution in [-0.4, -0.2) is 40.6 Å². The van der Waals surface area contributed by atoms with Crippen LogP contribution in [0.15, 0.2) is 23.6 Å². The van der Waals surface area contributed by atoms with Crippen molar-refractivity contribution in [2.75, 3.05) is 19.8 Å². The van der Waals surface area contributed by atoms with E-state index in [4.69, 9.17) is 0 Å². The third kappa shape index (κ3) is 4.87. The van der Waals surface area contributed by atoms with E-state index in [1.54, 1.807) is 29.4 Å². The number of rotatable bonds is 6. The summed E-state index contributed by atoms with van der Waals surface area (Å²) >= 11 is 1.49. The third-order valence-corrected chi connectivity index (χ3v) is 3.05. The number of likely N-dealkylation sites (N-methyl/N-ethyl adjacent to an activating group) is 1. The van der Waals surface area contributed by atoms with Crippen LogP contribution >= 0.6 is 11.8 Å². The Morgan fingerprint density at radius 2 is 2.11 bits per heavy atom. The molecule has 0 spiro atoms. The number of hydrogen-bond acceptors (Lipinski definition) is 4. The highest BCUT2D eigenvalue weighted by Gasteiger charge is 2.03. The second kappa shape index (κ2) is 7.87. The van der Waals surface area contributed by atoms with E-state index in [2.05, 4.69) is 16.9 Å². The van der Waals surface area contributed by atoms with Gasteiger partial charge in [0.1, 0.15) is 0 Å². The van der Waals surface area contributed by atoms with E-state index in [0.717, 1.165) is 30.1 Å². The van der Waals surface area contributed by atoms with E-state index in [9.17, 15) is 4.79 Å². The molecule has 5 heteroatoms. The summed E-state index contributed by atoms with van der Waals surface area (Å²) in [5.74, 6) is 0.0115. The lowest BCUT2D eigenvalue weighted by atomic mass is 10.3. The fourth-order valence-electron chi connectivity index (χ4n) is 1.32. The number of carbonyl (C=O) groups excluding carboxylic acids is 1. The van der Waals surface area contributed by atoms with Crippen molar-refractivity contribution in [3.63, 3.8) is 0 Å². The molecular weight excluding hydrogens is 246 g/mol. The lowest BCUT2D eigenvalue weighted by molar-refractivity contribution is -0.124. The van der Waals surface area contributed by atoms with Crippen molar-refractivity contribution >= 4 is 23.7 Å². The molecule has 4 nitrogen and oxygen atoms in total. The number of unbranched alkanes of at least 4 members (excludes halogenated alkanes) is 1. The minimum absolute atomic E-state index is 0.0115. The van der Waals surface area contributed by atoms with Crippen LogP contribution in [0, 0.1) is 0 Å². The van der Waals surface area contributed by atoms with E-state index in [1.165, 1.54) is 11.8 Å². The molecule has 0 unspecified atom stereocenters. The van der Waals surface area contributed by atoms with Crippen LogP contribution in [-0.2, 0) is 4.79 Å². The maximum absolute atomic E-state index is 11.7. The second-order valence-corrected chi connectivity index (χ2v) is 4.72. The van der Waals surface area contributed by atoms with Crippen LogP contribution in [0.5, 0.6) is 0 Å². The Bertz CT molecular complexity index is 403. The summed E-state index contributed by atoms with van der Waals surface area (Å²) in [5, 5.41) is 0.735. The highest BCUT2D eigenvalue weighted by molar-refractivity contribution is 7.98. The summed E-state index contributed by atoms with van der Waals surface area (Å²) in [6.45, 7) is 2.90. The summed E-state index contributed by atoms with van der Waals surface area (Å²) < 4.78 is 0. The van der Waals surface area contributed by atoms with Gasteiger partial charge in [0.15, 0.2) is 5.16 Å². The van der Waals surface area contributed by atoms with E-state index in [-0.39, 0.29) is 5.91 Å². The predicted molar refractivity (Wildman–Crippen MR) is 75.4 cm³/mol. The fraction of sp³-hybridized carbons (Fsp3) is 0.462. The molecule has 0 radical (unpaired) electrons. The predicted octanol–water partition coefficient (Wildman–Crippen LogP) is 2.47. The average molecular weight is 265 g/mol. The molecule has 0 saturated heterocycles. The molecule has 1 amide bonds. The van der Waals surface area contributed by atoms with Gasteiger partial charge in [-0.15, -0.1) is 0 Å². The largest absolute Gasteiger partial charge is 0.342 e. The molecule has 0 N–H and O–H groups in total. The van der Waals surface area contributed by atoms with Crippen molar-refractivity contribution in [3.8, 4) is 0 Å². The van der Waals surface area contributed by atoms with Gasteiger partial charge in [-0.3, -0.25) is 4.79 Å². The van der Waals surface area contributed by atoms with Gasteiger partial charge in [-0.25, -0.2) is 9.97 Å². The summed E-state index contributed by atoms with van der Waals surface area (Å²) in [4.78, 5) is 21.7. The van der Waals surface area contributed by atoms with Crippen molar-refractivity contribution in [2.45, 2.75) is 24.9 Å². The maximum Gasteiger partial charge on any atom is 0.246 e. The maximum atomic E-state index is 11.7. The Balaban J connectivity index is 2.54. The van der Waals surface area contributed by atoms with E-state index in [1.807, 2.05) is 13.3 Å². The Labute approximate surface area is 113 Å². The molecule has 0 fully saturated rings. The number of nitrogens with zero attached hydrogens (tertiary/aromatic N) is 3. The molecule has 0 aliphatic carbocycles. The molecule has 98 valence electrons. The zero-order valence-electron chi connectivity index (χ0n) is 11.1. The van der Waals surface area contributed by atoms with Crippen LogP contribution in [0.3, 0.4) is 0 Å². The molecular formula is C13H19N3OS. The van der Waals surface area contributed by atoms with Crippen LogP contribution in [0.1, 0.15) is 25.3 Å². The standard InChI is InChI=1S/C13H19N3OS/c1-4-5-8-16(2)12(17)7-6-11-9-14-13(18-3)15-10-11/h6-7,9-10H,4-5,8H2,1-3H3/b7-6+. The molecule has 0 aliphatic heterocycles. The van der Waals surface area contributed by atoms with Crippen molar-refractivity contribution in [1.82, 2.24) is 14.9 Å². The first kappa shape index (κ1) is 14.7. The summed E-state index contributed by atoms with van der Waals surface area (Å²) in [6.07, 6.45) is 10.8. The smallest absolute Gasteiger partial charge is 0.246 e. The fourth-order valence-corrected chi connectivity index (χ4v) is 1.63. The first-order valence-electron chi connectivity index (χ1n) is 5.96. The van der Waals surface area contributed by atoms with Gasteiger partial charge in [0.05, 0.1) is 0 Å². The van der Waals surface area contributed by atoms with Crippen LogP contribution < -0.4 is 0 Å². The highest BCUT2D eigenvalue weighted by atomic mass is 32.2. The van der Waals surface area contributed by atoms with Crippen molar-refractivity contribution in [2.24, 2.45) is 0 Å². The molecule has 0 saturated carbocycles. The van der Waals surface area contributed by atoms with Crippen molar-refractivity contribution in [1.29, 1.82) is 0 Å². The number of thioether (sulfide) groups is 1. The Morgan fingerprint density at radius 1 is 1.44 bits per heavy atom. The zero-order chi connectivity index (χ0) is 13.4. The Morgan fingerprint density at radius 3 is 2.67 bits per heavy atom. The number of hydrogen-bond donors (Lipinski definition) is 0. The van der Waals surface area contributed by atoms with Gasteiger partial charge < -0.3 is 4.90 Å². The molecule has 0 aromatic carbocycles. The first-order chi connectivity index (χ1) is 8.67. The minimum atomic E-state index is 0.0115. The Hall–Kier alpha value is -1.36. The van der Waals surface area contributed by atoms with Gasteiger partial charge in [-0.2, -0.15) is 0 Å².